The minimum atomic E-state index is 0.619. The lowest BCUT2D eigenvalue weighted by Crippen LogP contribution is -1.98. The average molecular weight is 513 g/mol. The van der Waals surface area contributed by atoms with Crippen molar-refractivity contribution in [3.8, 4) is 22.5 Å². The summed E-state index contributed by atoms with van der Waals surface area (Å²) in [6, 6.07) is 41.4. The predicted octanol–water partition coefficient (Wildman–Crippen LogP) is 8.82. The van der Waals surface area contributed by atoms with Gasteiger partial charge in [-0.15, -0.1) is 0 Å². The number of para-hydroxylation sites is 2. The maximum Gasteiger partial charge on any atom is 0.199 e. The molecule has 0 radical (unpaired) electrons. The number of hydrogen-bond acceptors (Lipinski definition) is 4. The van der Waals surface area contributed by atoms with Gasteiger partial charge in [0.25, 0.3) is 0 Å². The van der Waals surface area contributed by atoms with E-state index in [1.54, 1.807) is 0 Å². The SMILES string of the molecule is c1ccc(-c2nc3nc4c5ccccc5c5ccccc5n4c3nc2-c2cccc3oc4ccccc4c23)cc1. The van der Waals surface area contributed by atoms with Crippen LogP contribution in [0.2, 0.25) is 0 Å². The molecule has 9 aromatic rings. The van der Waals surface area contributed by atoms with Crippen LogP contribution in [-0.2, 0) is 0 Å². The highest BCUT2D eigenvalue weighted by Crippen LogP contribution is 2.40. The normalized spacial score (nSPS) is 12.0. The number of pyridine rings is 1. The van der Waals surface area contributed by atoms with Gasteiger partial charge >= 0.3 is 0 Å². The van der Waals surface area contributed by atoms with E-state index in [1.807, 2.05) is 48.5 Å². The highest BCUT2D eigenvalue weighted by Gasteiger charge is 2.22. The fraction of sp³-hybridized carbons (Fsp3) is 0. The first-order valence-electron chi connectivity index (χ1n) is 13.3. The van der Waals surface area contributed by atoms with Gasteiger partial charge in [-0.1, -0.05) is 103 Å². The Balaban J connectivity index is 1.49. The smallest absolute Gasteiger partial charge is 0.199 e. The van der Waals surface area contributed by atoms with E-state index in [2.05, 4.69) is 77.2 Å². The summed E-state index contributed by atoms with van der Waals surface area (Å²) < 4.78 is 8.40. The maximum absolute atomic E-state index is 6.24. The largest absolute Gasteiger partial charge is 0.456 e. The van der Waals surface area contributed by atoms with Crippen molar-refractivity contribution in [2.24, 2.45) is 0 Å². The monoisotopic (exact) mass is 512 g/mol. The number of imidazole rings is 1. The summed E-state index contributed by atoms with van der Waals surface area (Å²) in [5, 5.41) is 5.49. The Labute approximate surface area is 228 Å². The Morgan fingerprint density at radius 2 is 1.18 bits per heavy atom. The molecule has 0 atom stereocenters. The second-order valence-corrected chi connectivity index (χ2v) is 10.0. The highest BCUT2D eigenvalue weighted by atomic mass is 16.3. The summed E-state index contributed by atoms with van der Waals surface area (Å²) in [7, 11) is 0. The Hall–Kier alpha value is -5.55. The number of aromatic nitrogens is 4. The van der Waals surface area contributed by atoms with E-state index in [0.29, 0.717) is 5.65 Å². The molecule has 0 unspecified atom stereocenters. The lowest BCUT2D eigenvalue weighted by molar-refractivity contribution is 0.669. The van der Waals surface area contributed by atoms with Crippen molar-refractivity contribution in [2.45, 2.75) is 0 Å². The standard InChI is InChI=1S/C35H20N4O/c1-2-11-21(12-3-1)31-32(26-17-10-20-29-30(26)25-16-7-9-19-28(25)40-29)37-35-33(36-31)38-34-24-15-5-4-13-22(24)23-14-6-8-18-27(23)39(34)35/h1-20H. The first-order chi connectivity index (χ1) is 19.8. The maximum atomic E-state index is 6.24. The molecular weight excluding hydrogens is 492 g/mol. The molecule has 0 aliphatic rings. The molecule has 40 heavy (non-hydrogen) atoms. The van der Waals surface area contributed by atoms with Crippen LogP contribution in [0, 0.1) is 0 Å². The van der Waals surface area contributed by atoms with Crippen molar-refractivity contribution in [1.82, 2.24) is 19.4 Å². The number of hydrogen-bond donors (Lipinski definition) is 0. The molecule has 0 aliphatic heterocycles. The zero-order valence-corrected chi connectivity index (χ0v) is 21.2. The molecule has 5 nitrogen and oxygen atoms in total. The van der Waals surface area contributed by atoms with Gasteiger partial charge in [-0.2, -0.15) is 0 Å². The van der Waals surface area contributed by atoms with Gasteiger partial charge in [0.1, 0.15) is 16.8 Å². The third-order valence-corrected chi connectivity index (χ3v) is 7.80. The first kappa shape index (κ1) is 21.4. The molecule has 0 aliphatic carbocycles. The highest BCUT2D eigenvalue weighted by molar-refractivity contribution is 6.15. The number of fused-ring (bicyclic) bond motifs is 11. The third kappa shape index (κ3) is 2.89. The molecule has 5 heteroatoms. The van der Waals surface area contributed by atoms with E-state index in [4.69, 9.17) is 19.4 Å². The molecular formula is C35H20N4O. The van der Waals surface area contributed by atoms with Crippen LogP contribution < -0.4 is 0 Å². The van der Waals surface area contributed by atoms with Crippen LogP contribution in [0.3, 0.4) is 0 Å². The van der Waals surface area contributed by atoms with E-state index >= 15 is 0 Å². The molecule has 0 fully saturated rings. The molecule has 4 aromatic heterocycles. The second-order valence-electron chi connectivity index (χ2n) is 10.0. The number of rotatable bonds is 2. The van der Waals surface area contributed by atoms with Crippen LogP contribution in [0.25, 0.3) is 83.1 Å². The van der Waals surface area contributed by atoms with Crippen LogP contribution in [0.5, 0.6) is 0 Å². The Morgan fingerprint density at radius 1 is 0.475 bits per heavy atom. The van der Waals surface area contributed by atoms with E-state index < -0.39 is 0 Å². The van der Waals surface area contributed by atoms with E-state index in [1.165, 1.54) is 5.39 Å². The zero-order chi connectivity index (χ0) is 26.2. The van der Waals surface area contributed by atoms with Crippen LogP contribution in [0.15, 0.2) is 126 Å². The van der Waals surface area contributed by atoms with Gasteiger partial charge in [0.05, 0.1) is 16.9 Å². The number of nitrogens with zero attached hydrogens (tertiary/aromatic N) is 4. The van der Waals surface area contributed by atoms with E-state index in [9.17, 15) is 0 Å². The number of benzene rings is 5. The van der Waals surface area contributed by atoms with Crippen molar-refractivity contribution < 1.29 is 4.42 Å². The molecule has 0 amide bonds. The minimum absolute atomic E-state index is 0.619. The first-order valence-corrected chi connectivity index (χ1v) is 13.3. The molecule has 9 rings (SSSR count). The topological polar surface area (TPSA) is 56.2 Å². The molecule has 0 saturated heterocycles. The summed E-state index contributed by atoms with van der Waals surface area (Å²) in [4.78, 5) is 15.7. The Morgan fingerprint density at radius 3 is 2.05 bits per heavy atom. The third-order valence-electron chi connectivity index (χ3n) is 7.80. The molecule has 5 aromatic carbocycles. The van der Waals surface area contributed by atoms with Crippen molar-refractivity contribution in [2.75, 3.05) is 0 Å². The molecule has 0 bridgehead atoms. The molecule has 186 valence electrons. The van der Waals surface area contributed by atoms with Gasteiger partial charge in [-0.25, -0.2) is 15.0 Å². The number of furan rings is 1. The van der Waals surface area contributed by atoms with Crippen molar-refractivity contribution in [1.29, 1.82) is 0 Å². The van der Waals surface area contributed by atoms with Crippen LogP contribution in [0.4, 0.5) is 0 Å². The van der Waals surface area contributed by atoms with E-state index in [0.717, 1.165) is 72.0 Å². The van der Waals surface area contributed by atoms with Crippen LogP contribution in [-0.4, -0.2) is 19.4 Å². The average Bonchev–Trinajstić information content (AvgIpc) is 3.60. The summed E-state index contributed by atoms with van der Waals surface area (Å²) in [6.45, 7) is 0. The molecule has 0 saturated carbocycles. The summed E-state index contributed by atoms with van der Waals surface area (Å²) >= 11 is 0. The van der Waals surface area contributed by atoms with Gasteiger partial charge in [0.2, 0.25) is 0 Å². The van der Waals surface area contributed by atoms with Crippen molar-refractivity contribution in [3.05, 3.63) is 121 Å². The molecule has 0 spiro atoms. The van der Waals surface area contributed by atoms with Gasteiger partial charge in [0.15, 0.2) is 11.3 Å². The van der Waals surface area contributed by atoms with Gasteiger partial charge in [-0.3, -0.25) is 4.40 Å². The minimum Gasteiger partial charge on any atom is -0.456 e. The van der Waals surface area contributed by atoms with Gasteiger partial charge in [-0.05, 0) is 23.6 Å². The van der Waals surface area contributed by atoms with Crippen molar-refractivity contribution >= 4 is 60.6 Å². The van der Waals surface area contributed by atoms with Gasteiger partial charge in [0, 0.05) is 32.7 Å². The zero-order valence-electron chi connectivity index (χ0n) is 21.2. The van der Waals surface area contributed by atoms with Crippen LogP contribution >= 0.6 is 0 Å². The van der Waals surface area contributed by atoms with Crippen LogP contribution in [0.1, 0.15) is 0 Å². The fourth-order valence-electron chi connectivity index (χ4n) is 6.07. The lowest BCUT2D eigenvalue weighted by Gasteiger charge is -2.11. The molecule has 0 N–H and O–H groups in total. The second kappa shape index (κ2) is 7.98. The summed E-state index contributed by atoms with van der Waals surface area (Å²) in [5.41, 5.74) is 8.51. The fourth-order valence-corrected chi connectivity index (χ4v) is 6.07. The van der Waals surface area contributed by atoms with E-state index in [-0.39, 0.29) is 0 Å². The van der Waals surface area contributed by atoms with Crippen molar-refractivity contribution in [3.63, 3.8) is 0 Å². The Bertz CT molecular complexity index is 2440. The summed E-state index contributed by atoms with van der Waals surface area (Å²) in [6.07, 6.45) is 0. The predicted molar refractivity (Wildman–Crippen MR) is 161 cm³/mol. The summed E-state index contributed by atoms with van der Waals surface area (Å²) in [5.74, 6) is 0. The lowest BCUT2D eigenvalue weighted by atomic mass is 9.99. The van der Waals surface area contributed by atoms with Gasteiger partial charge < -0.3 is 4.42 Å². The quantitative estimate of drug-likeness (QED) is 0.217. The Kier molecular flexibility index (Phi) is 4.27. The molecule has 4 heterocycles.